The van der Waals surface area contributed by atoms with E-state index in [1.165, 1.54) is 9.79 Å². The Morgan fingerprint density at radius 1 is 1.20 bits per heavy atom. The van der Waals surface area contributed by atoms with Crippen LogP contribution in [0.15, 0.2) is 36.5 Å². The lowest BCUT2D eigenvalue weighted by atomic mass is 10.2. The van der Waals surface area contributed by atoms with Crippen LogP contribution in [-0.4, -0.2) is 8.58 Å². The number of aromatic nitrogens is 2. The van der Waals surface area contributed by atoms with Crippen LogP contribution in [0.25, 0.3) is 11.4 Å². The minimum absolute atomic E-state index is 0.231. The van der Waals surface area contributed by atoms with E-state index in [9.17, 15) is 8.78 Å². The van der Waals surface area contributed by atoms with Gasteiger partial charge in [0.1, 0.15) is 5.69 Å². The van der Waals surface area contributed by atoms with Crippen molar-refractivity contribution in [3.8, 4) is 11.4 Å². The smallest absolute Gasteiger partial charge is 0.265 e. The molecule has 0 saturated carbocycles. The van der Waals surface area contributed by atoms with Crippen molar-refractivity contribution >= 4 is 16.1 Å². The average Bonchev–Trinajstić information content (AvgIpc) is 2.62. The predicted molar refractivity (Wildman–Crippen MR) is 56.9 cm³/mol. The van der Waals surface area contributed by atoms with Crippen LogP contribution in [0.1, 0.15) is 12.1 Å². The van der Waals surface area contributed by atoms with Gasteiger partial charge in [-0.1, -0.05) is 30.3 Å². The summed E-state index contributed by atoms with van der Waals surface area (Å²) >= 11 is 3.14. The van der Waals surface area contributed by atoms with Crippen molar-refractivity contribution in [2.75, 3.05) is 0 Å². The molecule has 2 aromatic rings. The Bertz CT molecular complexity index is 454. The lowest BCUT2D eigenvalue weighted by molar-refractivity contribution is 0.146. The molecule has 0 aliphatic heterocycles. The highest BCUT2D eigenvalue weighted by Gasteiger charge is 2.15. The number of halogens is 3. The summed E-state index contributed by atoms with van der Waals surface area (Å²) < 4.78 is 26.2. The van der Waals surface area contributed by atoms with Crippen LogP contribution in [0.5, 0.6) is 0 Å². The SMILES string of the molecule is FC(F)c1cn(Br)c(-c2ccccc2)n1. The van der Waals surface area contributed by atoms with Crippen molar-refractivity contribution in [3.63, 3.8) is 0 Å². The van der Waals surface area contributed by atoms with Crippen LogP contribution in [0.4, 0.5) is 8.78 Å². The Labute approximate surface area is 93.9 Å². The molecule has 0 fully saturated rings. The fraction of sp³-hybridized carbons (Fsp3) is 0.100. The molecule has 0 saturated heterocycles. The third-order valence-electron chi connectivity index (χ3n) is 1.94. The fourth-order valence-corrected chi connectivity index (χ4v) is 1.75. The average molecular weight is 273 g/mol. The summed E-state index contributed by atoms with van der Waals surface area (Å²) in [4.78, 5) is 3.85. The zero-order chi connectivity index (χ0) is 10.8. The molecule has 0 spiro atoms. The first-order valence-corrected chi connectivity index (χ1v) is 4.98. The molecule has 0 bridgehead atoms. The zero-order valence-electron chi connectivity index (χ0n) is 7.57. The Kier molecular flexibility index (Phi) is 2.81. The maximum atomic E-state index is 12.4. The normalized spacial score (nSPS) is 10.9. The molecule has 2 nitrogen and oxygen atoms in total. The van der Waals surface area contributed by atoms with E-state index in [-0.39, 0.29) is 5.69 Å². The van der Waals surface area contributed by atoms with Gasteiger partial charge in [0.05, 0.1) is 16.1 Å². The summed E-state index contributed by atoms with van der Waals surface area (Å²) in [6, 6.07) is 9.15. The maximum Gasteiger partial charge on any atom is 0.281 e. The lowest BCUT2D eigenvalue weighted by Gasteiger charge is -1.97. The number of benzene rings is 1. The number of alkyl halides is 2. The Hall–Kier alpha value is -1.23. The van der Waals surface area contributed by atoms with E-state index < -0.39 is 6.43 Å². The van der Waals surface area contributed by atoms with E-state index in [1.54, 1.807) is 0 Å². The molecule has 1 aromatic heterocycles. The number of hydrogen-bond acceptors (Lipinski definition) is 1. The molecule has 2 rings (SSSR count). The van der Waals surface area contributed by atoms with Crippen LogP contribution in [0, 0.1) is 0 Å². The molecule has 0 aliphatic carbocycles. The van der Waals surface area contributed by atoms with Crippen molar-refractivity contribution in [2.24, 2.45) is 0 Å². The summed E-state index contributed by atoms with van der Waals surface area (Å²) in [6.45, 7) is 0. The van der Waals surface area contributed by atoms with Crippen molar-refractivity contribution in [2.45, 2.75) is 6.43 Å². The predicted octanol–water partition coefficient (Wildman–Crippen LogP) is 3.65. The summed E-state index contributed by atoms with van der Waals surface area (Å²) in [6.07, 6.45) is -1.28. The first kappa shape index (κ1) is 10.3. The molecular formula is C10H7BrF2N2. The van der Waals surface area contributed by atoms with E-state index in [0.29, 0.717) is 5.82 Å². The summed E-state index contributed by atoms with van der Waals surface area (Å²) in [5.41, 5.74) is 0.562. The maximum absolute atomic E-state index is 12.4. The van der Waals surface area contributed by atoms with E-state index in [1.807, 2.05) is 30.3 Å². The Balaban J connectivity index is 2.45. The second-order valence-corrected chi connectivity index (χ2v) is 3.73. The summed E-state index contributed by atoms with van der Waals surface area (Å²) in [5, 5.41) is 0. The molecule has 78 valence electrons. The first-order chi connectivity index (χ1) is 7.18. The van der Waals surface area contributed by atoms with Gasteiger partial charge in [0, 0.05) is 11.8 Å². The second kappa shape index (κ2) is 4.10. The highest BCUT2D eigenvalue weighted by molar-refractivity contribution is 9.08. The molecule has 5 heteroatoms. The van der Waals surface area contributed by atoms with Crippen molar-refractivity contribution in [1.29, 1.82) is 0 Å². The van der Waals surface area contributed by atoms with E-state index in [2.05, 4.69) is 21.1 Å². The van der Waals surface area contributed by atoms with Crippen LogP contribution in [0.3, 0.4) is 0 Å². The van der Waals surface area contributed by atoms with E-state index in [0.717, 1.165) is 5.56 Å². The van der Waals surface area contributed by atoms with Crippen molar-refractivity contribution in [3.05, 3.63) is 42.2 Å². The molecule has 0 amide bonds. The van der Waals surface area contributed by atoms with Crippen molar-refractivity contribution in [1.82, 2.24) is 8.58 Å². The number of hydrogen-bond donors (Lipinski definition) is 0. The molecule has 0 radical (unpaired) electrons. The van der Waals surface area contributed by atoms with Gasteiger partial charge in [-0.05, 0) is 0 Å². The topological polar surface area (TPSA) is 17.8 Å². The van der Waals surface area contributed by atoms with Crippen LogP contribution in [-0.2, 0) is 0 Å². The van der Waals surface area contributed by atoms with Gasteiger partial charge in [0.25, 0.3) is 6.43 Å². The highest BCUT2D eigenvalue weighted by Crippen LogP contribution is 2.25. The minimum atomic E-state index is -2.55. The molecule has 15 heavy (non-hydrogen) atoms. The number of imidazole rings is 1. The molecule has 0 N–H and O–H groups in total. The Morgan fingerprint density at radius 3 is 2.40 bits per heavy atom. The molecule has 1 aromatic carbocycles. The highest BCUT2D eigenvalue weighted by atomic mass is 79.9. The number of nitrogens with zero attached hydrogens (tertiary/aromatic N) is 2. The first-order valence-electron chi connectivity index (χ1n) is 4.27. The van der Waals surface area contributed by atoms with Gasteiger partial charge < -0.3 is 0 Å². The van der Waals surface area contributed by atoms with Crippen LogP contribution in [0.2, 0.25) is 0 Å². The summed E-state index contributed by atoms with van der Waals surface area (Å²) in [5.74, 6) is 0.478. The fourth-order valence-electron chi connectivity index (χ4n) is 1.26. The molecular weight excluding hydrogens is 266 g/mol. The third kappa shape index (κ3) is 2.07. The van der Waals surface area contributed by atoms with Crippen LogP contribution < -0.4 is 0 Å². The van der Waals surface area contributed by atoms with Gasteiger partial charge in [-0.15, -0.1) is 0 Å². The van der Waals surface area contributed by atoms with E-state index in [4.69, 9.17) is 0 Å². The van der Waals surface area contributed by atoms with E-state index >= 15 is 0 Å². The minimum Gasteiger partial charge on any atom is -0.265 e. The van der Waals surface area contributed by atoms with Crippen molar-refractivity contribution < 1.29 is 8.78 Å². The monoisotopic (exact) mass is 272 g/mol. The van der Waals surface area contributed by atoms with Gasteiger partial charge >= 0.3 is 0 Å². The van der Waals surface area contributed by atoms with Gasteiger partial charge in [-0.3, -0.25) is 3.59 Å². The molecule has 1 heterocycles. The number of rotatable bonds is 2. The molecule has 0 atom stereocenters. The molecule has 0 unspecified atom stereocenters. The summed E-state index contributed by atoms with van der Waals surface area (Å²) in [7, 11) is 0. The van der Waals surface area contributed by atoms with Crippen LogP contribution >= 0.6 is 16.1 Å². The zero-order valence-corrected chi connectivity index (χ0v) is 9.16. The van der Waals surface area contributed by atoms with Gasteiger partial charge in [-0.25, -0.2) is 13.8 Å². The van der Waals surface area contributed by atoms with Gasteiger partial charge in [0.15, 0.2) is 5.82 Å². The third-order valence-corrected chi connectivity index (χ3v) is 2.48. The molecule has 0 aliphatic rings. The van der Waals surface area contributed by atoms with Gasteiger partial charge in [-0.2, -0.15) is 0 Å². The largest absolute Gasteiger partial charge is 0.281 e. The quantitative estimate of drug-likeness (QED) is 0.816. The second-order valence-electron chi connectivity index (χ2n) is 2.97. The van der Waals surface area contributed by atoms with Gasteiger partial charge in [0.2, 0.25) is 0 Å². The lowest BCUT2D eigenvalue weighted by Crippen LogP contribution is -1.85. The Morgan fingerprint density at radius 2 is 1.87 bits per heavy atom. The standard InChI is InChI=1S/C10H7BrF2N2/c11-15-6-8(9(12)13)14-10(15)7-4-2-1-3-5-7/h1-6,9H.